The van der Waals surface area contributed by atoms with Gasteiger partial charge in [-0.1, -0.05) is 0 Å². The van der Waals surface area contributed by atoms with Crippen molar-refractivity contribution in [2.24, 2.45) is 0 Å². The molecule has 20 heavy (non-hydrogen) atoms. The lowest BCUT2D eigenvalue weighted by Gasteiger charge is -2.15. The van der Waals surface area contributed by atoms with E-state index in [0.717, 1.165) is 18.9 Å². The van der Waals surface area contributed by atoms with Crippen molar-refractivity contribution in [3.8, 4) is 6.07 Å². The van der Waals surface area contributed by atoms with Crippen molar-refractivity contribution in [1.29, 1.82) is 5.26 Å². The molecule has 3 rings (SSSR count). The van der Waals surface area contributed by atoms with Crippen molar-refractivity contribution in [3.05, 3.63) is 43.7 Å². The van der Waals surface area contributed by atoms with Crippen molar-refractivity contribution >= 4 is 26.8 Å². The molecule has 0 bridgehead atoms. The molecule has 3 nitrogen and oxygen atoms in total. The number of aromatic nitrogens is 1. The molecular formula is C14H9BrF2N2O. The van der Waals surface area contributed by atoms with E-state index in [1.807, 2.05) is 0 Å². The van der Waals surface area contributed by atoms with Gasteiger partial charge in [0.15, 0.2) is 11.6 Å². The Morgan fingerprint density at radius 2 is 2.05 bits per heavy atom. The summed E-state index contributed by atoms with van der Waals surface area (Å²) in [6.45, 7) is 1.61. The number of rotatable bonds is 1. The number of hydrogen-bond donors (Lipinski definition) is 0. The van der Waals surface area contributed by atoms with Crippen molar-refractivity contribution < 1.29 is 8.78 Å². The van der Waals surface area contributed by atoms with Gasteiger partial charge in [-0.3, -0.25) is 4.79 Å². The van der Waals surface area contributed by atoms with Gasteiger partial charge in [0.25, 0.3) is 5.56 Å². The van der Waals surface area contributed by atoms with Crippen molar-refractivity contribution in [1.82, 2.24) is 4.57 Å². The zero-order chi connectivity index (χ0) is 14.6. The largest absolute Gasteiger partial charge is 0.305 e. The van der Waals surface area contributed by atoms with E-state index in [1.54, 1.807) is 13.0 Å². The summed E-state index contributed by atoms with van der Waals surface area (Å²) >= 11 is 3.01. The topological polar surface area (TPSA) is 45.8 Å². The van der Waals surface area contributed by atoms with E-state index in [9.17, 15) is 13.6 Å². The van der Waals surface area contributed by atoms with Crippen LogP contribution >= 0.6 is 15.9 Å². The smallest absolute Gasteiger partial charge is 0.252 e. The number of pyridine rings is 1. The molecule has 1 saturated carbocycles. The zero-order valence-corrected chi connectivity index (χ0v) is 12.1. The molecule has 1 fully saturated rings. The molecule has 1 aromatic heterocycles. The van der Waals surface area contributed by atoms with Crippen LogP contribution in [0.3, 0.4) is 0 Å². The molecule has 2 aromatic rings. The lowest BCUT2D eigenvalue weighted by Crippen LogP contribution is -2.21. The highest BCUT2D eigenvalue weighted by molar-refractivity contribution is 9.10. The highest BCUT2D eigenvalue weighted by Crippen LogP contribution is 2.39. The summed E-state index contributed by atoms with van der Waals surface area (Å²) in [6, 6.07) is 2.86. The molecule has 0 unspecified atom stereocenters. The number of fused-ring (bicyclic) bond motifs is 1. The number of benzene rings is 1. The number of nitriles is 1. The van der Waals surface area contributed by atoms with Gasteiger partial charge < -0.3 is 4.57 Å². The Labute approximate surface area is 121 Å². The van der Waals surface area contributed by atoms with Gasteiger partial charge in [-0.05, 0) is 41.3 Å². The maximum Gasteiger partial charge on any atom is 0.252 e. The molecule has 0 radical (unpaired) electrons. The normalized spacial score (nSPS) is 14.6. The minimum Gasteiger partial charge on any atom is -0.305 e. The summed E-state index contributed by atoms with van der Waals surface area (Å²) in [6.07, 6.45) is 1.66. The van der Waals surface area contributed by atoms with Crippen LogP contribution in [0.25, 0.3) is 10.9 Å². The average Bonchev–Trinajstić information content (AvgIpc) is 3.25. The molecular weight excluding hydrogens is 330 g/mol. The maximum absolute atomic E-state index is 14.2. The van der Waals surface area contributed by atoms with Crippen LogP contribution < -0.4 is 5.56 Å². The second-order valence-corrected chi connectivity index (χ2v) is 5.69. The van der Waals surface area contributed by atoms with Gasteiger partial charge in [-0.15, -0.1) is 0 Å². The van der Waals surface area contributed by atoms with Gasteiger partial charge in [0, 0.05) is 12.1 Å². The van der Waals surface area contributed by atoms with Crippen LogP contribution in [0, 0.1) is 29.9 Å². The second-order valence-electron chi connectivity index (χ2n) is 4.90. The van der Waals surface area contributed by atoms with Crippen LogP contribution in [0.5, 0.6) is 0 Å². The molecule has 1 aliphatic rings. The van der Waals surface area contributed by atoms with Crippen molar-refractivity contribution in [3.63, 3.8) is 0 Å². The van der Waals surface area contributed by atoms with E-state index >= 15 is 0 Å². The SMILES string of the molecule is Cc1c(Br)c(F)c(F)c2c(C#N)cc(=O)n(C3CC3)c12. The highest BCUT2D eigenvalue weighted by Gasteiger charge is 2.30. The lowest BCUT2D eigenvalue weighted by atomic mass is 10.0. The predicted octanol–water partition coefficient (Wildman–Crippen LogP) is 3.56. The zero-order valence-electron chi connectivity index (χ0n) is 10.5. The fourth-order valence-electron chi connectivity index (χ4n) is 2.47. The minimum atomic E-state index is -1.09. The van der Waals surface area contributed by atoms with E-state index in [0.29, 0.717) is 11.1 Å². The Hall–Kier alpha value is -1.74. The van der Waals surface area contributed by atoms with E-state index in [2.05, 4.69) is 15.9 Å². The first-order chi connectivity index (χ1) is 9.47. The van der Waals surface area contributed by atoms with Gasteiger partial charge in [0.2, 0.25) is 0 Å². The highest BCUT2D eigenvalue weighted by atomic mass is 79.9. The van der Waals surface area contributed by atoms with E-state index in [-0.39, 0.29) is 27.0 Å². The number of halogens is 3. The Morgan fingerprint density at radius 3 is 2.60 bits per heavy atom. The molecule has 102 valence electrons. The quantitative estimate of drug-likeness (QED) is 0.746. The number of aryl methyl sites for hydroxylation is 1. The molecule has 0 N–H and O–H groups in total. The molecule has 6 heteroatoms. The van der Waals surface area contributed by atoms with E-state index < -0.39 is 11.6 Å². The third kappa shape index (κ3) is 1.70. The Bertz CT molecular complexity index is 847. The molecule has 1 aromatic carbocycles. The summed E-state index contributed by atoms with van der Waals surface area (Å²) in [5, 5.41) is 8.97. The third-order valence-electron chi connectivity index (χ3n) is 3.57. The Morgan fingerprint density at radius 1 is 1.40 bits per heavy atom. The van der Waals surface area contributed by atoms with E-state index in [1.165, 1.54) is 4.57 Å². The predicted molar refractivity (Wildman–Crippen MR) is 73.5 cm³/mol. The average molecular weight is 339 g/mol. The number of hydrogen-bond acceptors (Lipinski definition) is 2. The van der Waals surface area contributed by atoms with Crippen LogP contribution in [0.15, 0.2) is 15.3 Å². The second kappa shape index (κ2) is 4.38. The van der Waals surface area contributed by atoms with Crippen LogP contribution in [-0.2, 0) is 0 Å². The van der Waals surface area contributed by atoms with E-state index in [4.69, 9.17) is 5.26 Å². The molecule has 0 aliphatic heterocycles. The monoisotopic (exact) mass is 338 g/mol. The van der Waals surface area contributed by atoms with Gasteiger partial charge in [-0.25, -0.2) is 8.78 Å². The van der Waals surface area contributed by atoms with Gasteiger partial charge in [0.05, 0.1) is 20.9 Å². The maximum atomic E-state index is 14.2. The Kier molecular flexibility index (Phi) is 2.91. The van der Waals surface area contributed by atoms with Crippen LogP contribution in [0.1, 0.15) is 30.0 Å². The summed E-state index contributed by atoms with van der Waals surface area (Å²) in [4.78, 5) is 12.1. The van der Waals surface area contributed by atoms with Crippen LogP contribution in [0.2, 0.25) is 0 Å². The third-order valence-corrected chi connectivity index (χ3v) is 4.52. The fraction of sp³-hybridized carbons (Fsp3) is 0.286. The molecule has 0 saturated heterocycles. The molecule has 1 heterocycles. The first-order valence-corrected chi connectivity index (χ1v) is 6.89. The fourth-order valence-corrected chi connectivity index (χ4v) is 2.83. The summed E-state index contributed by atoms with van der Waals surface area (Å²) in [5.41, 5.74) is 0.258. The van der Waals surface area contributed by atoms with Gasteiger partial charge >= 0.3 is 0 Å². The standard InChI is InChI=1S/C14H9BrF2N2O/c1-6-11(15)13(17)12(16)10-7(5-18)4-9(20)19(14(6)10)8-2-3-8/h4,8H,2-3H2,1H3. The first-order valence-electron chi connectivity index (χ1n) is 6.09. The molecule has 0 spiro atoms. The number of nitrogens with zero attached hydrogens (tertiary/aromatic N) is 2. The van der Waals surface area contributed by atoms with Crippen molar-refractivity contribution in [2.45, 2.75) is 25.8 Å². The Balaban J connectivity index is 2.63. The lowest BCUT2D eigenvalue weighted by molar-refractivity contribution is 0.510. The minimum absolute atomic E-state index is 0.00760. The first kappa shape index (κ1) is 13.3. The van der Waals surface area contributed by atoms with Gasteiger partial charge in [-0.2, -0.15) is 5.26 Å². The van der Waals surface area contributed by atoms with Crippen molar-refractivity contribution in [2.75, 3.05) is 0 Å². The summed E-state index contributed by atoms with van der Waals surface area (Å²) in [5.74, 6) is -2.13. The molecule has 0 atom stereocenters. The molecule has 1 aliphatic carbocycles. The summed E-state index contributed by atoms with van der Waals surface area (Å²) in [7, 11) is 0. The van der Waals surface area contributed by atoms with Crippen LogP contribution in [-0.4, -0.2) is 4.57 Å². The molecule has 0 amide bonds. The summed E-state index contributed by atoms with van der Waals surface area (Å²) < 4.78 is 29.5. The van der Waals surface area contributed by atoms with Gasteiger partial charge in [0.1, 0.15) is 6.07 Å². The van der Waals surface area contributed by atoms with Crippen LogP contribution in [0.4, 0.5) is 8.78 Å².